The van der Waals surface area contributed by atoms with Crippen LogP contribution in [0.15, 0.2) is 9.72 Å². The fourth-order valence-electron chi connectivity index (χ4n) is 1.21. The lowest BCUT2D eigenvalue weighted by Gasteiger charge is -2.07. The van der Waals surface area contributed by atoms with E-state index in [1.165, 1.54) is 23.1 Å². The van der Waals surface area contributed by atoms with Crippen molar-refractivity contribution in [2.45, 2.75) is 29.9 Å². The zero-order valence-corrected chi connectivity index (χ0v) is 12.7. The van der Waals surface area contributed by atoms with Gasteiger partial charge < -0.3 is 10.5 Å². The molecular formula is C11H15N3O4S2. The van der Waals surface area contributed by atoms with Gasteiger partial charge in [-0.2, -0.15) is 0 Å². The summed E-state index contributed by atoms with van der Waals surface area (Å²) in [5, 5.41) is 3.22. The van der Waals surface area contributed by atoms with Gasteiger partial charge in [-0.15, -0.1) is 11.3 Å². The molecule has 1 aromatic heterocycles. The number of esters is 1. The quantitative estimate of drug-likeness (QED) is 0.596. The summed E-state index contributed by atoms with van der Waals surface area (Å²) in [4.78, 5) is 37.6. The van der Waals surface area contributed by atoms with Crippen LogP contribution in [-0.2, 0) is 20.7 Å². The van der Waals surface area contributed by atoms with Crippen LogP contribution in [0.3, 0.4) is 0 Å². The van der Waals surface area contributed by atoms with E-state index in [2.05, 4.69) is 4.98 Å². The van der Waals surface area contributed by atoms with Crippen molar-refractivity contribution in [2.24, 2.45) is 5.73 Å². The SMILES string of the molecule is CCOC(=O)Cc1csc(S[C@H](C)C(=O)NC(N)=O)n1. The molecule has 110 valence electrons. The molecule has 7 nitrogen and oxygen atoms in total. The van der Waals surface area contributed by atoms with E-state index >= 15 is 0 Å². The van der Waals surface area contributed by atoms with Gasteiger partial charge in [-0.05, 0) is 13.8 Å². The lowest BCUT2D eigenvalue weighted by atomic mass is 10.3. The Bertz CT molecular complexity index is 504. The number of amides is 3. The average Bonchev–Trinajstić information content (AvgIpc) is 2.75. The van der Waals surface area contributed by atoms with Crippen molar-refractivity contribution in [2.75, 3.05) is 6.61 Å². The Kier molecular flexibility index (Phi) is 6.46. The number of imide groups is 1. The van der Waals surface area contributed by atoms with E-state index in [9.17, 15) is 14.4 Å². The molecule has 0 aliphatic carbocycles. The number of urea groups is 1. The summed E-state index contributed by atoms with van der Waals surface area (Å²) >= 11 is 2.51. The largest absolute Gasteiger partial charge is 0.466 e. The summed E-state index contributed by atoms with van der Waals surface area (Å²) in [7, 11) is 0. The minimum atomic E-state index is -0.885. The molecule has 0 fully saturated rings. The summed E-state index contributed by atoms with van der Waals surface area (Å²) in [5.74, 6) is -0.821. The highest BCUT2D eigenvalue weighted by atomic mass is 32.2. The molecule has 1 heterocycles. The van der Waals surface area contributed by atoms with Crippen molar-refractivity contribution in [3.8, 4) is 0 Å². The fourth-order valence-corrected chi connectivity index (χ4v) is 3.19. The van der Waals surface area contributed by atoms with Gasteiger partial charge in [0.1, 0.15) is 0 Å². The standard InChI is InChI=1S/C11H15N3O4S2/c1-3-18-8(15)4-7-5-19-11(13-7)20-6(2)9(16)14-10(12)17/h5-6H,3-4H2,1-2H3,(H3,12,14,16,17)/t6-/m1/s1. The Morgan fingerprint density at radius 3 is 2.85 bits per heavy atom. The highest BCUT2D eigenvalue weighted by Crippen LogP contribution is 2.27. The molecule has 0 unspecified atom stereocenters. The summed E-state index contributed by atoms with van der Waals surface area (Å²) in [6, 6.07) is -0.885. The summed E-state index contributed by atoms with van der Waals surface area (Å²) < 4.78 is 5.46. The Morgan fingerprint density at radius 2 is 2.25 bits per heavy atom. The van der Waals surface area contributed by atoms with Crippen molar-refractivity contribution >= 4 is 41.0 Å². The van der Waals surface area contributed by atoms with Crippen LogP contribution >= 0.6 is 23.1 Å². The topological polar surface area (TPSA) is 111 Å². The van der Waals surface area contributed by atoms with E-state index in [4.69, 9.17) is 10.5 Å². The predicted octanol–water partition coefficient (Wildman–Crippen LogP) is 0.924. The number of nitrogens with one attached hydrogen (secondary N) is 1. The Balaban J connectivity index is 2.53. The first kappa shape index (κ1) is 16.4. The van der Waals surface area contributed by atoms with E-state index in [1.54, 1.807) is 19.2 Å². The zero-order valence-electron chi connectivity index (χ0n) is 11.0. The molecule has 0 radical (unpaired) electrons. The number of ether oxygens (including phenoxy) is 1. The van der Waals surface area contributed by atoms with Gasteiger partial charge in [0, 0.05) is 5.38 Å². The second-order valence-corrected chi connectivity index (χ2v) is 6.15. The van der Waals surface area contributed by atoms with E-state index in [0.717, 1.165) is 0 Å². The van der Waals surface area contributed by atoms with E-state index < -0.39 is 17.2 Å². The monoisotopic (exact) mass is 317 g/mol. The molecule has 3 N–H and O–H groups in total. The molecule has 9 heteroatoms. The van der Waals surface area contributed by atoms with Gasteiger partial charge >= 0.3 is 12.0 Å². The Hall–Kier alpha value is -1.61. The number of carbonyl (C=O) groups excluding carboxylic acids is 3. The van der Waals surface area contributed by atoms with E-state index in [1.807, 2.05) is 5.32 Å². The molecule has 0 aromatic carbocycles. The summed E-state index contributed by atoms with van der Waals surface area (Å²) in [6.45, 7) is 3.70. The van der Waals surface area contributed by atoms with Gasteiger partial charge in [0.25, 0.3) is 0 Å². The third kappa shape index (κ3) is 5.57. The van der Waals surface area contributed by atoms with Crippen LogP contribution < -0.4 is 11.1 Å². The van der Waals surface area contributed by atoms with Crippen molar-refractivity contribution in [3.63, 3.8) is 0 Å². The normalized spacial score (nSPS) is 11.7. The molecule has 3 amide bonds. The maximum Gasteiger partial charge on any atom is 0.318 e. The maximum absolute atomic E-state index is 11.5. The number of nitrogens with two attached hydrogens (primary N) is 1. The molecule has 1 atom stereocenters. The molecule has 20 heavy (non-hydrogen) atoms. The molecule has 0 spiro atoms. The molecule has 0 saturated carbocycles. The number of hydrogen-bond acceptors (Lipinski definition) is 7. The van der Waals surface area contributed by atoms with Crippen LogP contribution in [0, 0.1) is 0 Å². The first-order valence-corrected chi connectivity index (χ1v) is 7.55. The molecule has 1 rings (SSSR count). The molecule has 0 bridgehead atoms. The van der Waals surface area contributed by atoms with Crippen LogP contribution in [0.25, 0.3) is 0 Å². The maximum atomic E-state index is 11.5. The van der Waals surface area contributed by atoms with Crippen molar-refractivity contribution in [1.82, 2.24) is 10.3 Å². The van der Waals surface area contributed by atoms with Gasteiger partial charge in [0.15, 0.2) is 4.34 Å². The van der Waals surface area contributed by atoms with Gasteiger partial charge in [0.2, 0.25) is 5.91 Å². The van der Waals surface area contributed by atoms with E-state index in [0.29, 0.717) is 16.6 Å². The first-order valence-electron chi connectivity index (χ1n) is 5.79. The van der Waals surface area contributed by atoms with Gasteiger partial charge in [-0.3, -0.25) is 14.9 Å². The van der Waals surface area contributed by atoms with Crippen LogP contribution in [0.2, 0.25) is 0 Å². The van der Waals surface area contributed by atoms with Crippen LogP contribution in [0.1, 0.15) is 19.5 Å². The first-order chi connectivity index (χ1) is 9.42. The predicted molar refractivity (Wildman–Crippen MR) is 75.5 cm³/mol. The number of carbonyl (C=O) groups is 3. The Morgan fingerprint density at radius 1 is 1.55 bits per heavy atom. The zero-order chi connectivity index (χ0) is 15.1. The average molecular weight is 317 g/mol. The molecular weight excluding hydrogens is 302 g/mol. The number of thiazole rings is 1. The number of primary amides is 1. The number of thioether (sulfide) groups is 1. The molecule has 0 aliphatic heterocycles. The van der Waals surface area contributed by atoms with Gasteiger partial charge in [0.05, 0.1) is 24.0 Å². The lowest BCUT2D eigenvalue weighted by Crippen LogP contribution is -2.39. The minimum absolute atomic E-state index is 0.104. The minimum Gasteiger partial charge on any atom is -0.466 e. The van der Waals surface area contributed by atoms with Gasteiger partial charge in [-0.25, -0.2) is 9.78 Å². The van der Waals surface area contributed by atoms with Crippen molar-refractivity contribution < 1.29 is 19.1 Å². The number of hydrogen-bond donors (Lipinski definition) is 2. The van der Waals surface area contributed by atoms with Crippen molar-refractivity contribution in [1.29, 1.82) is 0 Å². The molecule has 0 aliphatic rings. The highest BCUT2D eigenvalue weighted by molar-refractivity contribution is 8.02. The summed E-state index contributed by atoms with van der Waals surface area (Å²) in [5.41, 5.74) is 5.46. The molecule has 1 aromatic rings. The summed E-state index contributed by atoms with van der Waals surface area (Å²) in [6.07, 6.45) is 0.104. The second kappa shape index (κ2) is 7.85. The fraction of sp³-hybridized carbons (Fsp3) is 0.455. The van der Waals surface area contributed by atoms with Gasteiger partial charge in [-0.1, -0.05) is 11.8 Å². The third-order valence-corrected chi connectivity index (χ3v) is 4.18. The lowest BCUT2D eigenvalue weighted by molar-refractivity contribution is -0.142. The van der Waals surface area contributed by atoms with Crippen LogP contribution in [-0.4, -0.2) is 34.7 Å². The van der Waals surface area contributed by atoms with Crippen molar-refractivity contribution in [3.05, 3.63) is 11.1 Å². The Labute approximate surface area is 124 Å². The highest BCUT2D eigenvalue weighted by Gasteiger charge is 2.18. The number of aromatic nitrogens is 1. The smallest absolute Gasteiger partial charge is 0.318 e. The number of rotatable bonds is 6. The van der Waals surface area contributed by atoms with E-state index in [-0.39, 0.29) is 12.4 Å². The molecule has 0 saturated heterocycles. The van der Waals surface area contributed by atoms with Crippen LogP contribution in [0.4, 0.5) is 4.79 Å². The number of nitrogens with zero attached hydrogens (tertiary/aromatic N) is 1. The third-order valence-electron chi connectivity index (χ3n) is 2.05. The second-order valence-electron chi connectivity index (χ2n) is 3.70. The van der Waals surface area contributed by atoms with Crippen LogP contribution in [0.5, 0.6) is 0 Å².